The minimum Gasteiger partial charge on any atom is -0.422 e. The lowest BCUT2D eigenvalue weighted by atomic mass is 10.1. The van der Waals surface area contributed by atoms with Crippen LogP contribution in [-0.2, 0) is 0 Å². The summed E-state index contributed by atoms with van der Waals surface area (Å²) < 4.78 is 5.18. The van der Waals surface area contributed by atoms with Crippen molar-refractivity contribution in [3.63, 3.8) is 0 Å². The van der Waals surface area contributed by atoms with E-state index in [-0.39, 0.29) is 11.6 Å². The summed E-state index contributed by atoms with van der Waals surface area (Å²) in [6.45, 7) is 1.85. The molecule has 5 heteroatoms. The van der Waals surface area contributed by atoms with Crippen molar-refractivity contribution >= 4 is 28.5 Å². The normalized spacial score (nSPS) is 12.1. The average Bonchev–Trinajstić information content (AvgIpc) is 2.55. The number of hydrogen-bond donors (Lipinski definition) is 1. The molecule has 1 aromatic heterocycles. The Morgan fingerprint density at radius 2 is 1.87 bits per heavy atom. The van der Waals surface area contributed by atoms with E-state index in [9.17, 15) is 9.59 Å². The third-order valence-electron chi connectivity index (χ3n) is 3.59. The number of halogens is 1. The zero-order valence-corrected chi connectivity index (χ0v) is 13.1. The van der Waals surface area contributed by atoms with Crippen molar-refractivity contribution in [2.45, 2.75) is 13.0 Å². The molecule has 0 spiro atoms. The Balaban J connectivity index is 1.91. The molecule has 1 unspecified atom stereocenters. The summed E-state index contributed by atoms with van der Waals surface area (Å²) in [6, 6.07) is 15.7. The molecule has 1 atom stereocenters. The van der Waals surface area contributed by atoms with Crippen LogP contribution in [-0.4, -0.2) is 5.91 Å². The molecule has 0 aliphatic rings. The Bertz CT molecular complexity index is 918. The highest BCUT2D eigenvalue weighted by Crippen LogP contribution is 2.19. The van der Waals surface area contributed by atoms with E-state index >= 15 is 0 Å². The molecule has 0 fully saturated rings. The molecular formula is C18H14ClNO3. The number of fused-ring (bicyclic) bond motifs is 1. The molecule has 4 nitrogen and oxygen atoms in total. The lowest BCUT2D eigenvalue weighted by Crippen LogP contribution is -2.30. The monoisotopic (exact) mass is 327 g/mol. The second-order valence-electron chi connectivity index (χ2n) is 5.24. The van der Waals surface area contributed by atoms with Gasteiger partial charge in [-0.1, -0.05) is 41.9 Å². The minimum atomic E-state index is -0.669. The molecule has 2 aromatic carbocycles. The fraction of sp³-hybridized carbons (Fsp3) is 0.111. The van der Waals surface area contributed by atoms with Crippen LogP contribution in [0.4, 0.5) is 0 Å². The number of nitrogens with one attached hydrogen (secondary N) is 1. The van der Waals surface area contributed by atoms with Crippen molar-refractivity contribution in [2.24, 2.45) is 0 Å². The maximum atomic E-state index is 12.4. The number of carbonyl (C=O) groups excluding carboxylic acids is 1. The van der Waals surface area contributed by atoms with E-state index in [4.69, 9.17) is 16.0 Å². The highest BCUT2D eigenvalue weighted by molar-refractivity contribution is 6.31. The summed E-state index contributed by atoms with van der Waals surface area (Å²) in [5.41, 5.74) is 0.640. The molecule has 0 saturated carbocycles. The van der Waals surface area contributed by atoms with E-state index in [0.29, 0.717) is 16.0 Å². The van der Waals surface area contributed by atoms with Crippen LogP contribution < -0.4 is 10.9 Å². The minimum absolute atomic E-state index is 0.0393. The summed E-state index contributed by atoms with van der Waals surface area (Å²) >= 11 is 5.93. The van der Waals surface area contributed by atoms with Crippen LogP contribution in [0.25, 0.3) is 11.0 Å². The van der Waals surface area contributed by atoms with Crippen molar-refractivity contribution in [2.75, 3.05) is 0 Å². The predicted molar refractivity (Wildman–Crippen MR) is 89.8 cm³/mol. The van der Waals surface area contributed by atoms with E-state index in [1.165, 1.54) is 6.07 Å². The van der Waals surface area contributed by atoms with Crippen LogP contribution in [0.1, 0.15) is 28.9 Å². The number of rotatable bonds is 3. The van der Waals surface area contributed by atoms with Gasteiger partial charge in [-0.2, -0.15) is 0 Å². The lowest BCUT2D eigenvalue weighted by molar-refractivity contribution is 0.0936. The van der Waals surface area contributed by atoms with Crippen LogP contribution in [0, 0.1) is 0 Å². The fourth-order valence-electron chi connectivity index (χ4n) is 2.35. The van der Waals surface area contributed by atoms with Gasteiger partial charge in [0.2, 0.25) is 0 Å². The average molecular weight is 328 g/mol. The van der Waals surface area contributed by atoms with Gasteiger partial charge in [-0.15, -0.1) is 0 Å². The quantitative estimate of drug-likeness (QED) is 0.741. The van der Waals surface area contributed by atoms with Gasteiger partial charge in [0.05, 0.1) is 6.04 Å². The number of benzene rings is 2. The largest absolute Gasteiger partial charge is 0.422 e. The standard InChI is InChI=1S/C18H14ClNO3/c1-11(12-5-3-2-4-6-12)20-17(21)15-10-13-9-14(19)7-8-16(13)23-18(15)22/h2-11H,1H3,(H,20,21). The van der Waals surface area contributed by atoms with Gasteiger partial charge >= 0.3 is 5.63 Å². The number of hydrogen-bond acceptors (Lipinski definition) is 3. The first-order chi connectivity index (χ1) is 11.0. The molecule has 116 valence electrons. The Labute approximate surface area is 137 Å². The highest BCUT2D eigenvalue weighted by Gasteiger charge is 2.16. The van der Waals surface area contributed by atoms with Gasteiger partial charge < -0.3 is 9.73 Å². The summed E-state index contributed by atoms with van der Waals surface area (Å²) in [6.07, 6.45) is 0. The molecule has 3 aromatic rings. The first kappa shape index (κ1) is 15.3. The Morgan fingerprint density at radius 3 is 2.61 bits per heavy atom. The second kappa shape index (κ2) is 6.26. The second-order valence-corrected chi connectivity index (χ2v) is 5.67. The van der Waals surface area contributed by atoms with Gasteiger partial charge in [0.25, 0.3) is 5.91 Å². The SMILES string of the molecule is CC(NC(=O)c1cc2cc(Cl)ccc2oc1=O)c1ccccc1. The van der Waals surface area contributed by atoms with Gasteiger partial charge in [-0.3, -0.25) is 4.79 Å². The fourth-order valence-corrected chi connectivity index (χ4v) is 2.53. The summed E-state index contributed by atoms with van der Waals surface area (Å²) in [5.74, 6) is -0.475. The maximum Gasteiger partial charge on any atom is 0.349 e. The Hall–Kier alpha value is -2.59. The van der Waals surface area contributed by atoms with Gasteiger partial charge in [-0.25, -0.2) is 4.79 Å². The van der Waals surface area contributed by atoms with Crippen LogP contribution in [0.2, 0.25) is 5.02 Å². The molecule has 0 saturated heterocycles. The number of carbonyl (C=O) groups is 1. The first-order valence-electron chi connectivity index (χ1n) is 7.14. The third-order valence-corrected chi connectivity index (χ3v) is 3.82. The van der Waals surface area contributed by atoms with Gasteiger partial charge in [0, 0.05) is 10.4 Å². The predicted octanol–water partition coefficient (Wildman–Crippen LogP) is 3.94. The van der Waals surface area contributed by atoms with Crippen molar-refractivity contribution in [1.29, 1.82) is 0 Å². The molecule has 23 heavy (non-hydrogen) atoms. The van der Waals surface area contributed by atoms with Crippen LogP contribution in [0.15, 0.2) is 63.8 Å². The molecular weight excluding hydrogens is 314 g/mol. The zero-order valence-electron chi connectivity index (χ0n) is 12.4. The molecule has 1 N–H and O–H groups in total. The number of amides is 1. The summed E-state index contributed by atoms with van der Waals surface area (Å²) in [4.78, 5) is 24.4. The van der Waals surface area contributed by atoms with Crippen molar-refractivity contribution in [3.8, 4) is 0 Å². The summed E-state index contributed by atoms with van der Waals surface area (Å²) in [7, 11) is 0. The van der Waals surface area contributed by atoms with Crippen LogP contribution in [0.3, 0.4) is 0 Å². The van der Waals surface area contributed by atoms with Gasteiger partial charge in [0.15, 0.2) is 0 Å². The van der Waals surface area contributed by atoms with E-state index in [0.717, 1.165) is 5.56 Å². The Kier molecular flexibility index (Phi) is 4.17. The van der Waals surface area contributed by atoms with Crippen molar-refractivity contribution in [1.82, 2.24) is 5.32 Å². The van der Waals surface area contributed by atoms with Crippen molar-refractivity contribution in [3.05, 3.63) is 81.2 Å². The molecule has 0 bridgehead atoms. The zero-order chi connectivity index (χ0) is 16.4. The van der Waals surface area contributed by atoms with E-state index < -0.39 is 11.5 Å². The molecule has 0 radical (unpaired) electrons. The van der Waals surface area contributed by atoms with Crippen LogP contribution >= 0.6 is 11.6 Å². The van der Waals surface area contributed by atoms with Crippen molar-refractivity contribution < 1.29 is 9.21 Å². The molecule has 1 amide bonds. The summed E-state index contributed by atoms with van der Waals surface area (Å²) in [5, 5.41) is 3.92. The van der Waals surface area contributed by atoms with E-state index in [1.54, 1.807) is 18.2 Å². The molecule has 0 aliphatic carbocycles. The Morgan fingerprint density at radius 1 is 1.13 bits per heavy atom. The highest BCUT2D eigenvalue weighted by atomic mass is 35.5. The molecule has 3 rings (SSSR count). The topological polar surface area (TPSA) is 59.3 Å². The molecule has 0 aliphatic heterocycles. The first-order valence-corrected chi connectivity index (χ1v) is 7.51. The smallest absolute Gasteiger partial charge is 0.349 e. The molecule has 1 heterocycles. The lowest BCUT2D eigenvalue weighted by Gasteiger charge is -2.14. The van der Waals surface area contributed by atoms with Gasteiger partial charge in [0.1, 0.15) is 11.1 Å². The maximum absolute atomic E-state index is 12.4. The third kappa shape index (κ3) is 3.27. The van der Waals surface area contributed by atoms with E-state index in [1.807, 2.05) is 37.3 Å². The van der Waals surface area contributed by atoms with Crippen LogP contribution in [0.5, 0.6) is 0 Å². The van der Waals surface area contributed by atoms with E-state index in [2.05, 4.69) is 5.32 Å². The van der Waals surface area contributed by atoms with Gasteiger partial charge in [-0.05, 0) is 36.8 Å².